The predicted molar refractivity (Wildman–Crippen MR) is 72.0 cm³/mol. The molecule has 0 fully saturated rings. The van der Waals surface area contributed by atoms with E-state index in [2.05, 4.69) is 34.6 Å². The van der Waals surface area contributed by atoms with E-state index in [0.717, 1.165) is 24.4 Å². The Hall–Kier alpha value is -1.47. The van der Waals surface area contributed by atoms with Gasteiger partial charge in [0.2, 0.25) is 0 Å². The van der Waals surface area contributed by atoms with Gasteiger partial charge in [-0.2, -0.15) is 5.26 Å². The number of nitrogens with zero attached hydrogens (tertiary/aromatic N) is 2. The molecule has 1 unspecified atom stereocenters. The van der Waals surface area contributed by atoms with Crippen LogP contribution in [0.4, 0.5) is 0 Å². The van der Waals surface area contributed by atoms with Gasteiger partial charge < -0.3 is 0 Å². The van der Waals surface area contributed by atoms with Crippen LogP contribution in [-0.4, -0.2) is 17.5 Å². The minimum atomic E-state index is 0.299. The number of rotatable bonds is 1. The molecule has 1 aliphatic carbocycles. The highest BCUT2D eigenvalue weighted by molar-refractivity contribution is 8.13. The largest absolute Gasteiger partial charge is 0.272 e. The van der Waals surface area contributed by atoms with Crippen molar-refractivity contribution in [1.29, 1.82) is 5.26 Å². The number of benzene rings is 1. The van der Waals surface area contributed by atoms with Gasteiger partial charge in [0, 0.05) is 0 Å². The number of aryl methyl sites for hydroxylation is 1. The molecule has 1 aromatic carbocycles. The van der Waals surface area contributed by atoms with E-state index in [-0.39, 0.29) is 0 Å². The van der Waals surface area contributed by atoms with Crippen LogP contribution in [0.3, 0.4) is 0 Å². The van der Waals surface area contributed by atoms with Crippen molar-refractivity contribution >= 4 is 16.9 Å². The Bertz CT molecular complexity index is 462. The van der Waals surface area contributed by atoms with Crippen LogP contribution in [0.1, 0.15) is 17.5 Å². The van der Waals surface area contributed by atoms with E-state index >= 15 is 0 Å². The van der Waals surface area contributed by atoms with Crippen molar-refractivity contribution in [3.05, 3.63) is 35.4 Å². The maximum absolute atomic E-state index is 8.60. The average Bonchev–Trinajstić information content (AvgIpc) is 2.38. The summed E-state index contributed by atoms with van der Waals surface area (Å²) in [5.41, 5.74) is 2.84. The summed E-state index contributed by atoms with van der Waals surface area (Å²) in [6.07, 6.45) is 6.98. The molecule has 1 aromatic rings. The molecule has 1 N–H and O–H groups in total. The highest BCUT2D eigenvalue weighted by Gasteiger charge is 2.17. The van der Waals surface area contributed by atoms with E-state index in [1.807, 2.05) is 12.4 Å². The lowest BCUT2D eigenvalue weighted by Crippen LogP contribution is -2.22. The molecule has 4 heteroatoms. The van der Waals surface area contributed by atoms with Gasteiger partial charge in [-0.1, -0.05) is 36.0 Å². The minimum absolute atomic E-state index is 0.299. The van der Waals surface area contributed by atoms with Crippen molar-refractivity contribution in [2.24, 2.45) is 4.99 Å². The van der Waals surface area contributed by atoms with Gasteiger partial charge in [-0.15, -0.1) is 0 Å². The topological polar surface area (TPSA) is 48.2 Å². The highest BCUT2D eigenvalue weighted by Crippen LogP contribution is 2.23. The summed E-state index contributed by atoms with van der Waals surface area (Å²) < 4.78 is 0. The van der Waals surface area contributed by atoms with E-state index in [4.69, 9.17) is 5.26 Å². The zero-order valence-corrected chi connectivity index (χ0v) is 10.6. The number of hydrogen-bond acceptors (Lipinski definition) is 3. The molecule has 2 rings (SSSR count). The summed E-state index contributed by atoms with van der Waals surface area (Å²) in [5.74, 6) is 0. The van der Waals surface area contributed by atoms with Crippen molar-refractivity contribution < 1.29 is 0 Å². The van der Waals surface area contributed by atoms with E-state index in [1.165, 1.54) is 22.9 Å². The fourth-order valence-corrected chi connectivity index (χ4v) is 2.54. The number of aliphatic imine (C=N–C) groups is 1. The summed E-state index contributed by atoms with van der Waals surface area (Å²) in [6.45, 7) is 0. The zero-order valence-electron chi connectivity index (χ0n) is 9.81. The van der Waals surface area contributed by atoms with Crippen LogP contribution in [0.5, 0.6) is 0 Å². The van der Waals surface area contributed by atoms with Crippen LogP contribution >= 0.6 is 11.8 Å². The maximum Gasteiger partial charge on any atom is 0.183 e. The number of nitrogens with one attached hydrogen (secondary N) is 1. The minimum Gasteiger partial charge on any atom is -0.272 e. The molecule has 0 radical (unpaired) electrons. The second kappa shape index (κ2) is 5.74. The van der Waals surface area contributed by atoms with Gasteiger partial charge in [0.05, 0.1) is 6.04 Å². The van der Waals surface area contributed by atoms with Crippen LogP contribution < -0.4 is 5.32 Å². The van der Waals surface area contributed by atoms with Crippen molar-refractivity contribution in [3.63, 3.8) is 0 Å². The van der Waals surface area contributed by atoms with Gasteiger partial charge in [-0.25, -0.2) is 0 Å². The predicted octanol–water partition coefficient (Wildman–Crippen LogP) is 2.33. The third-order valence-corrected chi connectivity index (χ3v) is 3.57. The zero-order chi connectivity index (χ0) is 12.1. The first kappa shape index (κ1) is 12.0. The van der Waals surface area contributed by atoms with Gasteiger partial charge in [0.15, 0.2) is 11.4 Å². The molecule has 0 spiro atoms. The average molecular weight is 245 g/mol. The molecular formula is C13H15N3S. The second-order valence-electron chi connectivity index (χ2n) is 4.04. The van der Waals surface area contributed by atoms with Crippen molar-refractivity contribution in [2.45, 2.75) is 25.3 Å². The Kier molecular flexibility index (Phi) is 4.05. The van der Waals surface area contributed by atoms with Gasteiger partial charge in [-0.3, -0.25) is 10.3 Å². The molecule has 0 bridgehead atoms. The molecule has 0 amide bonds. The smallest absolute Gasteiger partial charge is 0.183 e. The Morgan fingerprint density at radius 2 is 2.24 bits per heavy atom. The lowest BCUT2D eigenvalue weighted by molar-refractivity contribution is 0.579. The monoisotopic (exact) mass is 245 g/mol. The lowest BCUT2D eigenvalue weighted by Gasteiger charge is -2.22. The number of fused-ring (bicyclic) bond motifs is 1. The van der Waals surface area contributed by atoms with Gasteiger partial charge in [0.1, 0.15) is 0 Å². The Morgan fingerprint density at radius 1 is 1.47 bits per heavy atom. The number of thioether (sulfide) groups is 1. The molecule has 0 aromatic heterocycles. The summed E-state index contributed by atoms with van der Waals surface area (Å²) in [5, 5.41) is 11.9. The number of amidine groups is 1. The molecule has 17 heavy (non-hydrogen) atoms. The Balaban J connectivity index is 2.10. The standard InChI is InChI=1S/C13H15N3S/c1-17-13(15-9-14)16-12-7-6-10-4-2-3-5-11(10)8-12/h2-5,12H,6-8H2,1H3,(H,15,16). The fourth-order valence-electron chi connectivity index (χ4n) is 2.14. The molecule has 3 nitrogen and oxygen atoms in total. The molecule has 0 saturated carbocycles. The van der Waals surface area contributed by atoms with Gasteiger partial charge in [-0.05, 0) is 36.6 Å². The normalized spacial score (nSPS) is 19.3. The number of nitriles is 1. The van der Waals surface area contributed by atoms with Crippen molar-refractivity contribution in [3.8, 4) is 6.19 Å². The van der Waals surface area contributed by atoms with Crippen molar-refractivity contribution in [2.75, 3.05) is 6.26 Å². The molecular weight excluding hydrogens is 230 g/mol. The van der Waals surface area contributed by atoms with E-state index in [9.17, 15) is 0 Å². The summed E-state index contributed by atoms with van der Waals surface area (Å²) in [6, 6.07) is 8.83. The van der Waals surface area contributed by atoms with Crippen LogP contribution in [0.25, 0.3) is 0 Å². The van der Waals surface area contributed by atoms with E-state index in [0.29, 0.717) is 6.04 Å². The van der Waals surface area contributed by atoms with Crippen molar-refractivity contribution in [1.82, 2.24) is 5.32 Å². The van der Waals surface area contributed by atoms with E-state index < -0.39 is 0 Å². The first-order valence-electron chi connectivity index (χ1n) is 5.67. The Labute approximate surface area is 106 Å². The summed E-state index contributed by atoms with van der Waals surface area (Å²) in [7, 11) is 0. The molecule has 1 atom stereocenters. The highest BCUT2D eigenvalue weighted by atomic mass is 32.2. The quantitative estimate of drug-likeness (QED) is 0.357. The molecule has 88 valence electrons. The summed E-state index contributed by atoms with van der Waals surface area (Å²) >= 11 is 1.49. The van der Waals surface area contributed by atoms with Gasteiger partial charge >= 0.3 is 0 Å². The summed E-state index contributed by atoms with van der Waals surface area (Å²) in [4.78, 5) is 4.59. The second-order valence-corrected chi connectivity index (χ2v) is 4.84. The lowest BCUT2D eigenvalue weighted by atomic mass is 9.89. The maximum atomic E-state index is 8.60. The van der Waals surface area contributed by atoms with Crippen LogP contribution in [0.2, 0.25) is 0 Å². The van der Waals surface area contributed by atoms with Crippen LogP contribution in [-0.2, 0) is 12.8 Å². The first-order valence-corrected chi connectivity index (χ1v) is 6.89. The third-order valence-electron chi connectivity index (χ3n) is 2.98. The Morgan fingerprint density at radius 3 is 2.94 bits per heavy atom. The SMILES string of the molecule is CSC(=NC1CCc2ccccc2C1)NC#N. The first-order chi connectivity index (χ1) is 8.33. The fraction of sp³-hybridized carbons (Fsp3) is 0.385. The van der Waals surface area contributed by atoms with Crippen LogP contribution in [0.15, 0.2) is 29.3 Å². The molecule has 1 aliphatic rings. The van der Waals surface area contributed by atoms with Gasteiger partial charge in [0.25, 0.3) is 0 Å². The number of hydrogen-bond donors (Lipinski definition) is 1. The van der Waals surface area contributed by atoms with Crippen LogP contribution in [0, 0.1) is 11.5 Å². The third kappa shape index (κ3) is 3.01. The molecule has 0 heterocycles. The molecule has 0 saturated heterocycles. The van der Waals surface area contributed by atoms with E-state index in [1.54, 1.807) is 0 Å². The molecule has 0 aliphatic heterocycles.